The number of carbonyl (C=O) groups is 2. The van der Waals surface area contributed by atoms with E-state index in [4.69, 9.17) is 9.47 Å². The van der Waals surface area contributed by atoms with E-state index in [0.29, 0.717) is 23.5 Å². The summed E-state index contributed by atoms with van der Waals surface area (Å²) in [5, 5.41) is 0. The molecule has 0 aromatic carbocycles. The van der Waals surface area contributed by atoms with Crippen molar-refractivity contribution in [1.82, 2.24) is 0 Å². The molecule has 0 N–H and O–H groups in total. The largest absolute Gasteiger partial charge is 0.497 e. The maximum Gasteiger partial charge on any atom is 0.303 e. The van der Waals surface area contributed by atoms with Gasteiger partial charge in [0.05, 0.1) is 7.11 Å². The summed E-state index contributed by atoms with van der Waals surface area (Å²) in [4.78, 5) is 24.1. The highest BCUT2D eigenvalue weighted by atomic mass is 16.6. The number of hydrogen-bond donors (Lipinski definition) is 0. The van der Waals surface area contributed by atoms with Crippen LogP contribution in [0.15, 0.2) is 23.5 Å². The average Bonchev–Trinajstić information content (AvgIpc) is 2.89. The number of ketones is 1. The van der Waals surface area contributed by atoms with Crippen molar-refractivity contribution < 1.29 is 19.1 Å². The first-order valence-electron chi connectivity index (χ1n) is 9.96. The molecule has 0 aromatic heterocycles. The van der Waals surface area contributed by atoms with Gasteiger partial charge >= 0.3 is 5.97 Å². The Hall–Kier alpha value is -1.58. The van der Waals surface area contributed by atoms with Crippen molar-refractivity contribution in [3.8, 4) is 0 Å². The van der Waals surface area contributed by atoms with Crippen molar-refractivity contribution >= 4 is 11.8 Å². The number of fused-ring (bicyclic) bond motifs is 5. The Morgan fingerprint density at radius 3 is 2.62 bits per heavy atom. The Labute approximate surface area is 156 Å². The van der Waals surface area contributed by atoms with Crippen LogP contribution < -0.4 is 0 Å². The molecule has 0 spiro atoms. The summed E-state index contributed by atoms with van der Waals surface area (Å²) < 4.78 is 11.1. The predicted octanol–water partition coefficient (Wildman–Crippen LogP) is 4.20. The summed E-state index contributed by atoms with van der Waals surface area (Å²) in [7, 11) is 1.65. The lowest BCUT2D eigenvalue weighted by Gasteiger charge is -2.56. The van der Waals surface area contributed by atoms with Crippen LogP contribution >= 0.6 is 0 Å². The molecule has 0 saturated heterocycles. The number of Topliss-reactive ketones (excluding diaryl/α,β-unsaturated/α-hetero) is 1. The van der Waals surface area contributed by atoms with Gasteiger partial charge in [-0.1, -0.05) is 19.9 Å². The van der Waals surface area contributed by atoms with Crippen molar-refractivity contribution in [2.75, 3.05) is 7.11 Å². The van der Waals surface area contributed by atoms with Crippen LogP contribution in [-0.2, 0) is 19.1 Å². The highest BCUT2D eigenvalue weighted by Crippen LogP contribution is 2.63. The molecule has 0 heterocycles. The Bertz CT molecular complexity index is 705. The van der Waals surface area contributed by atoms with Crippen molar-refractivity contribution in [2.45, 2.75) is 65.4 Å². The topological polar surface area (TPSA) is 52.6 Å². The zero-order valence-electron chi connectivity index (χ0n) is 16.3. The summed E-state index contributed by atoms with van der Waals surface area (Å²) >= 11 is 0. The van der Waals surface area contributed by atoms with Gasteiger partial charge in [0.25, 0.3) is 0 Å². The molecule has 6 atom stereocenters. The van der Waals surface area contributed by atoms with Gasteiger partial charge in [0.2, 0.25) is 0 Å². The lowest BCUT2D eigenvalue weighted by atomic mass is 9.48. The molecule has 1 unspecified atom stereocenters. The summed E-state index contributed by atoms with van der Waals surface area (Å²) in [6.07, 6.45) is 9.85. The van der Waals surface area contributed by atoms with Crippen molar-refractivity contribution in [2.24, 2.45) is 28.6 Å². The molecular weight excluding hydrogens is 328 g/mol. The monoisotopic (exact) mass is 358 g/mol. The third-order valence-electron chi connectivity index (χ3n) is 8.00. The number of methoxy groups -OCH3 is 1. The number of esters is 1. The van der Waals surface area contributed by atoms with E-state index >= 15 is 0 Å². The van der Waals surface area contributed by atoms with Crippen LogP contribution in [0.3, 0.4) is 0 Å². The molecule has 4 aliphatic carbocycles. The lowest BCUT2D eigenvalue weighted by molar-refractivity contribution is -0.149. The van der Waals surface area contributed by atoms with E-state index in [-0.39, 0.29) is 22.9 Å². The second-order valence-corrected chi connectivity index (χ2v) is 9.16. The van der Waals surface area contributed by atoms with Gasteiger partial charge in [0, 0.05) is 25.2 Å². The van der Waals surface area contributed by atoms with Crippen LogP contribution in [0.2, 0.25) is 0 Å². The number of hydrogen-bond acceptors (Lipinski definition) is 4. The zero-order chi connectivity index (χ0) is 18.7. The van der Waals surface area contributed by atoms with Gasteiger partial charge in [-0.15, -0.1) is 0 Å². The van der Waals surface area contributed by atoms with Crippen LogP contribution in [0.4, 0.5) is 0 Å². The summed E-state index contributed by atoms with van der Waals surface area (Å²) in [5.74, 6) is 2.56. The van der Waals surface area contributed by atoms with E-state index in [1.165, 1.54) is 12.5 Å². The normalized spacial score (nSPS) is 44.2. The van der Waals surface area contributed by atoms with Crippen LogP contribution in [0.25, 0.3) is 0 Å². The Balaban J connectivity index is 1.70. The van der Waals surface area contributed by atoms with E-state index in [1.807, 2.05) is 0 Å². The quantitative estimate of drug-likeness (QED) is 0.694. The summed E-state index contributed by atoms with van der Waals surface area (Å²) in [5.41, 5.74) is 1.20. The van der Waals surface area contributed by atoms with Gasteiger partial charge < -0.3 is 9.47 Å². The number of ether oxygens (including phenoxy) is 2. The number of allylic oxidation sites excluding steroid dienone is 3. The third-order valence-corrected chi connectivity index (χ3v) is 8.00. The molecule has 2 fully saturated rings. The predicted molar refractivity (Wildman–Crippen MR) is 98.1 cm³/mol. The molecule has 4 heteroatoms. The minimum Gasteiger partial charge on any atom is -0.497 e. The highest BCUT2D eigenvalue weighted by molar-refractivity contribution is 5.87. The van der Waals surface area contributed by atoms with E-state index in [9.17, 15) is 9.59 Å². The first-order chi connectivity index (χ1) is 12.3. The number of carbonyl (C=O) groups excluding carboxylic acids is 2. The summed E-state index contributed by atoms with van der Waals surface area (Å²) in [6, 6.07) is 0. The first kappa shape index (κ1) is 17.8. The Morgan fingerprint density at radius 2 is 1.92 bits per heavy atom. The average molecular weight is 358 g/mol. The molecule has 0 radical (unpaired) electrons. The van der Waals surface area contributed by atoms with Crippen molar-refractivity contribution in [3.05, 3.63) is 23.5 Å². The zero-order valence-corrected chi connectivity index (χ0v) is 16.3. The molecule has 142 valence electrons. The van der Waals surface area contributed by atoms with E-state index in [2.05, 4.69) is 26.0 Å². The molecule has 26 heavy (non-hydrogen) atoms. The molecule has 2 saturated carbocycles. The van der Waals surface area contributed by atoms with Gasteiger partial charge in [0.1, 0.15) is 11.5 Å². The van der Waals surface area contributed by atoms with E-state index in [1.54, 1.807) is 7.11 Å². The Morgan fingerprint density at radius 1 is 1.19 bits per heavy atom. The maximum absolute atomic E-state index is 12.5. The van der Waals surface area contributed by atoms with Gasteiger partial charge in [0.15, 0.2) is 6.10 Å². The maximum atomic E-state index is 12.5. The van der Waals surface area contributed by atoms with Gasteiger partial charge in [-0.2, -0.15) is 0 Å². The second-order valence-electron chi connectivity index (χ2n) is 9.16. The fraction of sp³-hybridized carbons (Fsp3) is 0.727. The molecule has 0 bridgehead atoms. The van der Waals surface area contributed by atoms with E-state index in [0.717, 1.165) is 44.3 Å². The smallest absolute Gasteiger partial charge is 0.303 e. The second kappa shape index (κ2) is 5.97. The van der Waals surface area contributed by atoms with Crippen LogP contribution in [-0.4, -0.2) is 25.0 Å². The molecule has 0 aromatic rings. The minimum atomic E-state index is -0.308. The minimum absolute atomic E-state index is 0.0158. The summed E-state index contributed by atoms with van der Waals surface area (Å²) in [6.45, 7) is 5.99. The fourth-order valence-electron chi connectivity index (χ4n) is 6.60. The molecule has 4 nitrogen and oxygen atoms in total. The van der Waals surface area contributed by atoms with E-state index < -0.39 is 0 Å². The van der Waals surface area contributed by atoms with Gasteiger partial charge in [-0.3, -0.25) is 9.59 Å². The highest BCUT2D eigenvalue weighted by Gasteiger charge is 2.59. The van der Waals surface area contributed by atoms with Gasteiger partial charge in [-0.05, 0) is 60.5 Å². The molecular formula is C22H30O4. The van der Waals surface area contributed by atoms with Crippen LogP contribution in [0.1, 0.15) is 59.3 Å². The van der Waals surface area contributed by atoms with Crippen LogP contribution in [0.5, 0.6) is 0 Å². The molecule has 4 aliphatic rings. The van der Waals surface area contributed by atoms with Gasteiger partial charge in [-0.25, -0.2) is 0 Å². The SMILES string of the molecule is COC1=CC2=CC[C@@H]3[C@H](CC[C@]4(C)C(=O)CC[C@@H]34)[C@@]2(C)CC1OC(C)=O. The molecule has 4 rings (SSSR count). The Kier molecular flexibility index (Phi) is 4.09. The van der Waals surface area contributed by atoms with Crippen LogP contribution in [0, 0.1) is 28.6 Å². The first-order valence-corrected chi connectivity index (χ1v) is 9.96. The van der Waals surface area contributed by atoms with Crippen molar-refractivity contribution in [1.29, 1.82) is 0 Å². The molecule has 0 aliphatic heterocycles. The van der Waals surface area contributed by atoms with Crippen molar-refractivity contribution in [3.63, 3.8) is 0 Å². The molecule has 0 amide bonds. The fourth-order valence-corrected chi connectivity index (χ4v) is 6.60. The third kappa shape index (κ3) is 2.40. The number of rotatable bonds is 2. The standard InChI is InChI=1S/C22H30O4/c1-13(23)26-19-12-22(3)14(11-18(19)25-4)5-6-15-16-7-8-20(24)21(16,2)10-9-17(15)22/h5,11,15-17,19H,6-10,12H2,1-4H3/t15-,16-,17-,19?,21-,22-/m0/s1. The lowest BCUT2D eigenvalue weighted by Crippen LogP contribution is -2.51.